The first kappa shape index (κ1) is 23.1. The molecule has 0 unspecified atom stereocenters. The van der Waals surface area contributed by atoms with E-state index in [1.165, 1.54) is 58.5 Å². The number of Topliss-reactive ketones (excluding diaryl/α,β-unsaturated/α-hetero) is 1. The Kier molecular flexibility index (Phi) is 17.8. The third kappa shape index (κ3) is 17.5. The lowest BCUT2D eigenvalue weighted by Crippen LogP contribution is -1.99. The van der Waals surface area contributed by atoms with Crippen molar-refractivity contribution >= 4 is 11.8 Å². The van der Waals surface area contributed by atoms with Gasteiger partial charge in [-0.1, -0.05) is 77.6 Å². The van der Waals surface area contributed by atoms with E-state index in [9.17, 15) is 9.59 Å². The molecule has 3 heteroatoms. The maximum absolute atomic E-state index is 11.8. The molecule has 0 N–H and O–H groups in total. The molecule has 0 atom stereocenters. The van der Waals surface area contributed by atoms with E-state index in [0.29, 0.717) is 12.2 Å². The molecule has 0 heterocycles. The Balaban J connectivity index is 3.20. The number of hydrogen-bond donors (Lipinski definition) is 0. The first-order valence-corrected chi connectivity index (χ1v) is 10.3. The fourth-order valence-corrected chi connectivity index (χ4v) is 2.98. The van der Waals surface area contributed by atoms with Gasteiger partial charge in [-0.3, -0.25) is 9.59 Å². The number of carbonyl (C=O) groups is 2. The van der Waals surface area contributed by atoms with E-state index in [2.05, 4.69) is 11.7 Å². The van der Waals surface area contributed by atoms with Crippen LogP contribution in [0.5, 0.6) is 0 Å². The van der Waals surface area contributed by atoms with Crippen molar-refractivity contribution in [2.24, 2.45) is 0 Å². The number of methoxy groups -OCH3 is 1. The fraction of sp³-hybridized carbons (Fsp3) is 0.905. The lowest BCUT2D eigenvalue weighted by molar-refractivity contribution is -0.140. The summed E-state index contributed by atoms with van der Waals surface area (Å²) in [6.45, 7) is 2.25. The summed E-state index contributed by atoms with van der Waals surface area (Å²) in [5.41, 5.74) is 0. The number of ketones is 1. The molecule has 0 aromatic heterocycles. The van der Waals surface area contributed by atoms with Crippen molar-refractivity contribution in [3.05, 3.63) is 0 Å². The third-order valence-corrected chi connectivity index (χ3v) is 4.62. The normalized spacial score (nSPS) is 10.8. The maximum Gasteiger partial charge on any atom is 0.305 e. The topological polar surface area (TPSA) is 43.4 Å². The van der Waals surface area contributed by atoms with E-state index in [0.717, 1.165) is 51.4 Å². The highest BCUT2D eigenvalue weighted by Gasteiger charge is 2.03. The van der Waals surface area contributed by atoms with Gasteiger partial charge in [-0.25, -0.2) is 0 Å². The molecule has 24 heavy (non-hydrogen) atoms. The SMILES string of the molecule is CCCCCCCCCCCC(=O)CCCCCCCC(=O)OC. The van der Waals surface area contributed by atoms with Crippen molar-refractivity contribution in [2.75, 3.05) is 7.11 Å². The number of unbranched alkanes of at least 4 members (excludes halogenated alkanes) is 12. The number of rotatable bonds is 18. The average Bonchev–Trinajstić information content (AvgIpc) is 2.59. The summed E-state index contributed by atoms with van der Waals surface area (Å²) >= 11 is 0. The standard InChI is InChI=1S/C21H40O3/c1-3-4-5-6-7-8-9-11-14-17-20(22)18-15-12-10-13-16-19-21(23)24-2/h3-19H2,1-2H3. The van der Waals surface area contributed by atoms with Crippen molar-refractivity contribution in [3.63, 3.8) is 0 Å². The summed E-state index contributed by atoms with van der Waals surface area (Å²) in [6.07, 6.45) is 19.0. The Morgan fingerprint density at radius 2 is 0.958 bits per heavy atom. The van der Waals surface area contributed by atoms with Crippen molar-refractivity contribution in [1.82, 2.24) is 0 Å². The first-order valence-electron chi connectivity index (χ1n) is 10.3. The van der Waals surface area contributed by atoms with Gasteiger partial charge in [0.2, 0.25) is 0 Å². The van der Waals surface area contributed by atoms with Crippen molar-refractivity contribution in [1.29, 1.82) is 0 Å². The van der Waals surface area contributed by atoms with Gasteiger partial charge in [-0.15, -0.1) is 0 Å². The zero-order chi connectivity index (χ0) is 17.9. The van der Waals surface area contributed by atoms with Crippen LogP contribution in [0.2, 0.25) is 0 Å². The monoisotopic (exact) mass is 340 g/mol. The van der Waals surface area contributed by atoms with Crippen LogP contribution < -0.4 is 0 Å². The predicted octanol–water partition coefficient (Wildman–Crippen LogP) is 6.38. The predicted molar refractivity (Wildman–Crippen MR) is 101 cm³/mol. The summed E-state index contributed by atoms with van der Waals surface area (Å²) in [6, 6.07) is 0. The highest BCUT2D eigenvalue weighted by Crippen LogP contribution is 2.12. The molecule has 0 spiro atoms. The van der Waals surface area contributed by atoms with Crippen LogP contribution in [0.25, 0.3) is 0 Å². The quantitative estimate of drug-likeness (QED) is 0.215. The molecule has 0 aliphatic heterocycles. The van der Waals surface area contributed by atoms with Crippen LogP contribution in [-0.2, 0) is 14.3 Å². The molecule has 0 aromatic carbocycles. The Labute approximate surface area is 149 Å². The van der Waals surface area contributed by atoms with Gasteiger partial charge < -0.3 is 4.74 Å². The van der Waals surface area contributed by atoms with Crippen LogP contribution in [0.4, 0.5) is 0 Å². The first-order chi connectivity index (χ1) is 11.7. The summed E-state index contributed by atoms with van der Waals surface area (Å²) in [4.78, 5) is 22.8. The Morgan fingerprint density at radius 3 is 1.38 bits per heavy atom. The molecular weight excluding hydrogens is 300 g/mol. The Hall–Kier alpha value is -0.860. The number of hydrogen-bond acceptors (Lipinski definition) is 3. The van der Waals surface area contributed by atoms with Gasteiger partial charge in [-0.05, 0) is 19.3 Å². The molecule has 3 nitrogen and oxygen atoms in total. The van der Waals surface area contributed by atoms with Crippen LogP contribution in [0.1, 0.15) is 116 Å². The molecule has 0 bridgehead atoms. The van der Waals surface area contributed by atoms with E-state index >= 15 is 0 Å². The fourth-order valence-electron chi connectivity index (χ4n) is 2.98. The second-order valence-corrected chi connectivity index (χ2v) is 6.96. The second-order valence-electron chi connectivity index (χ2n) is 6.96. The van der Waals surface area contributed by atoms with E-state index in [4.69, 9.17) is 0 Å². The van der Waals surface area contributed by atoms with Gasteiger partial charge in [0.05, 0.1) is 7.11 Å². The summed E-state index contributed by atoms with van der Waals surface area (Å²) in [7, 11) is 1.43. The minimum absolute atomic E-state index is 0.119. The Bertz CT molecular complexity index is 299. The molecule has 142 valence electrons. The largest absolute Gasteiger partial charge is 0.469 e. The van der Waals surface area contributed by atoms with Crippen LogP contribution in [0, 0.1) is 0 Å². The smallest absolute Gasteiger partial charge is 0.305 e. The van der Waals surface area contributed by atoms with Gasteiger partial charge in [0.15, 0.2) is 0 Å². The van der Waals surface area contributed by atoms with Crippen molar-refractivity contribution < 1.29 is 14.3 Å². The van der Waals surface area contributed by atoms with Crippen LogP contribution >= 0.6 is 0 Å². The highest BCUT2D eigenvalue weighted by atomic mass is 16.5. The van der Waals surface area contributed by atoms with E-state index < -0.39 is 0 Å². The van der Waals surface area contributed by atoms with Crippen molar-refractivity contribution in [2.45, 2.75) is 116 Å². The molecule has 0 aliphatic carbocycles. The molecule has 0 aromatic rings. The van der Waals surface area contributed by atoms with Crippen LogP contribution in [-0.4, -0.2) is 18.9 Å². The lowest BCUT2D eigenvalue weighted by atomic mass is 10.0. The van der Waals surface area contributed by atoms with Gasteiger partial charge in [0, 0.05) is 19.3 Å². The number of ether oxygens (including phenoxy) is 1. The van der Waals surface area contributed by atoms with Crippen molar-refractivity contribution in [3.8, 4) is 0 Å². The summed E-state index contributed by atoms with van der Waals surface area (Å²) in [5, 5.41) is 0. The molecule has 0 radical (unpaired) electrons. The van der Waals surface area contributed by atoms with E-state index in [1.54, 1.807) is 0 Å². The Morgan fingerprint density at radius 1 is 0.583 bits per heavy atom. The molecule has 0 aliphatic rings. The van der Waals surface area contributed by atoms with E-state index in [1.807, 2.05) is 0 Å². The second kappa shape index (κ2) is 18.5. The minimum Gasteiger partial charge on any atom is -0.469 e. The van der Waals surface area contributed by atoms with E-state index in [-0.39, 0.29) is 5.97 Å². The van der Waals surface area contributed by atoms with Crippen LogP contribution in [0.3, 0.4) is 0 Å². The summed E-state index contributed by atoms with van der Waals surface area (Å²) in [5.74, 6) is 0.318. The molecular formula is C21H40O3. The summed E-state index contributed by atoms with van der Waals surface area (Å²) < 4.78 is 4.61. The lowest BCUT2D eigenvalue weighted by Gasteiger charge is -2.03. The average molecular weight is 341 g/mol. The van der Waals surface area contributed by atoms with Gasteiger partial charge in [-0.2, -0.15) is 0 Å². The number of esters is 1. The van der Waals surface area contributed by atoms with Gasteiger partial charge in [0.25, 0.3) is 0 Å². The third-order valence-electron chi connectivity index (χ3n) is 4.62. The maximum atomic E-state index is 11.8. The zero-order valence-electron chi connectivity index (χ0n) is 16.2. The molecule has 0 saturated carbocycles. The number of carbonyl (C=O) groups excluding carboxylic acids is 2. The van der Waals surface area contributed by atoms with Gasteiger partial charge >= 0.3 is 5.97 Å². The molecule has 0 saturated heterocycles. The van der Waals surface area contributed by atoms with Crippen LogP contribution in [0.15, 0.2) is 0 Å². The molecule has 0 rings (SSSR count). The minimum atomic E-state index is -0.119. The zero-order valence-corrected chi connectivity index (χ0v) is 16.2. The molecule has 0 amide bonds. The van der Waals surface area contributed by atoms with Gasteiger partial charge in [0.1, 0.15) is 5.78 Å². The highest BCUT2D eigenvalue weighted by molar-refractivity contribution is 5.78. The molecule has 0 fully saturated rings.